The highest BCUT2D eigenvalue weighted by Crippen LogP contribution is 2.24. The van der Waals surface area contributed by atoms with Gasteiger partial charge in [-0.05, 0) is 39.5 Å². The number of rotatable bonds is 12. The summed E-state index contributed by atoms with van der Waals surface area (Å²) in [5.74, 6) is 0.0655. The van der Waals surface area contributed by atoms with Gasteiger partial charge in [0, 0.05) is 30.8 Å². The van der Waals surface area contributed by atoms with Crippen LogP contribution in [0.4, 0.5) is 0 Å². The average molecular weight is 385 g/mol. The molecular formula is C20H36N2O5. The minimum atomic E-state index is -0.0296. The fraction of sp³-hybridized carbons (Fsp3) is 0.850. The SMILES string of the molecule is CC(C)OCCC(=O)NC1CCC(C(=O)NCCOCC(=O)C(C)C)CC1. The van der Waals surface area contributed by atoms with E-state index in [2.05, 4.69) is 10.6 Å². The predicted octanol–water partition coefficient (Wildman–Crippen LogP) is 1.83. The van der Waals surface area contributed by atoms with E-state index in [0.29, 0.717) is 26.2 Å². The largest absolute Gasteiger partial charge is 0.378 e. The molecule has 0 spiro atoms. The average Bonchev–Trinajstić information content (AvgIpc) is 2.61. The molecule has 0 aromatic heterocycles. The lowest BCUT2D eigenvalue weighted by Crippen LogP contribution is -2.41. The molecule has 0 aliphatic heterocycles. The third kappa shape index (κ3) is 10.4. The summed E-state index contributed by atoms with van der Waals surface area (Å²) in [6.07, 6.45) is 3.67. The van der Waals surface area contributed by atoms with Crippen LogP contribution >= 0.6 is 0 Å². The minimum absolute atomic E-state index is 0.0108. The summed E-state index contributed by atoms with van der Waals surface area (Å²) >= 11 is 0. The van der Waals surface area contributed by atoms with E-state index in [1.54, 1.807) is 0 Å². The normalized spacial score (nSPS) is 19.9. The molecule has 1 rings (SSSR count). The van der Waals surface area contributed by atoms with Gasteiger partial charge in [-0.3, -0.25) is 14.4 Å². The summed E-state index contributed by atoms with van der Waals surface area (Å²) < 4.78 is 10.7. The number of carbonyl (C=O) groups excluding carboxylic acids is 3. The van der Waals surface area contributed by atoms with Gasteiger partial charge in [-0.2, -0.15) is 0 Å². The summed E-state index contributed by atoms with van der Waals surface area (Å²) in [6.45, 7) is 8.86. The zero-order valence-electron chi connectivity index (χ0n) is 17.2. The summed E-state index contributed by atoms with van der Waals surface area (Å²) in [5.41, 5.74) is 0. The topological polar surface area (TPSA) is 93.7 Å². The Labute approximate surface area is 162 Å². The standard InChI is InChI=1S/C20H36N2O5/c1-14(2)18(23)13-26-12-10-21-20(25)16-5-7-17(8-6-16)22-19(24)9-11-27-15(3)4/h14-17H,5-13H2,1-4H3,(H,21,25)(H,22,24). The predicted molar refractivity (Wildman–Crippen MR) is 103 cm³/mol. The Balaban J connectivity index is 2.12. The van der Waals surface area contributed by atoms with Gasteiger partial charge in [0.1, 0.15) is 6.61 Å². The molecular weight excluding hydrogens is 348 g/mol. The summed E-state index contributed by atoms with van der Waals surface area (Å²) in [6, 6.07) is 0.144. The molecule has 2 N–H and O–H groups in total. The third-order valence-corrected chi connectivity index (χ3v) is 4.68. The van der Waals surface area contributed by atoms with Crippen LogP contribution in [0.15, 0.2) is 0 Å². The van der Waals surface area contributed by atoms with Gasteiger partial charge in [0.15, 0.2) is 5.78 Å². The van der Waals surface area contributed by atoms with Crippen LogP contribution in [0.3, 0.4) is 0 Å². The molecule has 0 radical (unpaired) electrons. The minimum Gasteiger partial charge on any atom is -0.378 e. The van der Waals surface area contributed by atoms with Crippen LogP contribution < -0.4 is 10.6 Å². The molecule has 7 heteroatoms. The monoisotopic (exact) mass is 384 g/mol. The van der Waals surface area contributed by atoms with Gasteiger partial charge in [0.25, 0.3) is 0 Å². The highest BCUT2D eigenvalue weighted by atomic mass is 16.5. The Morgan fingerprint density at radius 1 is 1.00 bits per heavy atom. The van der Waals surface area contributed by atoms with Crippen molar-refractivity contribution in [1.82, 2.24) is 10.6 Å². The first kappa shape index (κ1) is 23.6. The van der Waals surface area contributed by atoms with Crippen molar-refractivity contribution in [3.05, 3.63) is 0 Å². The maximum atomic E-state index is 12.2. The van der Waals surface area contributed by atoms with E-state index in [1.807, 2.05) is 27.7 Å². The fourth-order valence-corrected chi connectivity index (χ4v) is 2.92. The van der Waals surface area contributed by atoms with E-state index in [1.165, 1.54) is 0 Å². The molecule has 156 valence electrons. The van der Waals surface area contributed by atoms with Crippen LogP contribution in [-0.2, 0) is 23.9 Å². The second kappa shape index (κ2) is 12.8. The number of hydrogen-bond donors (Lipinski definition) is 2. The van der Waals surface area contributed by atoms with Gasteiger partial charge >= 0.3 is 0 Å². The number of carbonyl (C=O) groups is 3. The molecule has 1 fully saturated rings. The van der Waals surface area contributed by atoms with Crippen molar-refractivity contribution in [2.45, 2.75) is 71.9 Å². The number of ketones is 1. The first-order valence-corrected chi connectivity index (χ1v) is 10.1. The molecule has 2 amide bonds. The zero-order chi connectivity index (χ0) is 20.2. The van der Waals surface area contributed by atoms with E-state index < -0.39 is 0 Å². The fourth-order valence-electron chi connectivity index (χ4n) is 2.92. The van der Waals surface area contributed by atoms with Gasteiger partial charge in [-0.15, -0.1) is 0 Å². The second-order valence-electron chi connectivity index (χ2n) is 7.75. The van der Waals surface area contributed by atoms with Crippen molar-refractivity contribution in [1.29, 1.82) is 0 Å². The number of ether oxygens (including phenoxy) is 2. The molecule has 1 aliphatic carbocycles. The van der Waals surface area contributed by atoms with Crippen LogP contribution in [0.25, 0.3) is 0 Å². The van der Waals surface area contributed by atoms with Crippen molar-refractivity contribution < 1.29 is 23.9 Å². The molecule has 1 saturated carbocycles. The molecule has 7 nitrogen and oxygen atoms in total. The van der Waals surface area contributed by atoms with E-state index in [-0.39, 0.29) is 48.2 Å². The number of hydrogen-bond acceptors (Lipinski definition) is 5. The number of Topliss-reactive ketones (excluding diaryl/α,β-unsaturated/α-hetero) is 1. The van der Waals surface area contributed by atoms with Crippen molar-refractivity contribution in [3.63, 3.8) is 0 Å². The number of nitrogens with one attached hydrogen (secondary N) is 2. The summed E-state index contributed by atoms with van der Waals surface area (Å²) in [4.78, 5) is 35.5. The molecule has 0 unspecified atom stereocenters. The van der Waals surface area contributed by atoms with Gasteiger partial charge in [0.05, 0.1) is 19.3 Å². The second-order valence-corrected chi connectivity index (χ2v) is 7.75. The maximum Gasteiger partial charge on any atom is 0.223 e. The maximum absolute atomic E-state index is 12.2. The van der Waals surface area contributed by atoms with Crippen molar-refractivity contribution in [3.8, 4) is 0 Å². The Kier molecular flexibility index (Phi) is 11.2. The highest BCUT2D eigenvalue weighted by Gasteiger charge is 2.26. The lowest BCUT2D eigenvalue weighted by Gasteiger charge is -2.28. The lowest BCUT2D eigenvalue weighted by molar-refractivity contribution is -0.127. The molecule has 0 atom stereocenters. The summed E-state index contributed by atoms with van der Waals surface area (Å²) in [7, 11) is 0. The Bertz CT molecular complexity index is 471. The molecule has 0 aromatic carbocycles. The van der Waals surface area contributed by atoms with E-state index in [0.717, 1.165) is 25.7 Å². The Morgan fingerprint density at radius 3 is 2.26 bits per heavy atom. The van der Waals surface area contributed by atoms with E-state index in [9.17, 15) is 14.4 Å². The first-order valence-electron chi connectivity index (χ1n) is 10.1. The van der Waals surface area contributed by atoms with E-state index >= 15 is 0 Å². The van der Waals surface area contributed by atoms with Gasteiger partial charge < -0.3 is 20.1 Å². The van der Waals surface area contributed by atoms with Crippen LogP contribution in [0.2, 0.25) is 0 Å². The lowest BCUT2D eigenvalue weighted by atomic mass is 9.85. The van der Waals surface area contributed by atoms with Gasteiger partial charge in [0.2, 0.25) is 11.8 Å². The molecule has 0 saturated heterocycles. The van der Waals surface area contributed by atoms with Gasteiger partial charge in [-0.25, -0.2) is 0 Å². The quantitative estimate of drug-likeness (QED) is 0.501. The highest BCUT2D eigenvalue weighted by molar-refractivity contribution is 5.81. The Hall–Kier alpha value is -1.47. The molecule has 0 bridgehead atoms. The molecule has 1 aliphatic rings. The smallest absolute Gasteiger partial charge is 0.223 e. The van der Waals surface area contributed by atoms with Crippen molar-refractivity contribution >= 4 is 17.6 Å². The molecule has 27 heavy (non-hydrogen) atoms. The first-order chi connectivity index (χ1) is 12.8. The van der Waals surface area contributed by atoms with Gasteiger partial charge in [-0.1, -0.05) is 13.8 Å². The Morgan fingerprint density at radius 2 is 1.67 bits per heavy atom. The molecule has 0 aromatic rings. The van der Waals surface area contributed by atoms with Crippen LogP contribution in [0.1, 0.15) is 59.8 Å². The van der Waals surface area contributed by atoms with Crippen molar-refractivity contribution in [2.75, 3.05) is 26.4 Å². The van der Waals surface area contributed by atoms with Crippen LogP contribution in [0.5, 0.6) is 0 Å². The van der Waals surface area contributed by atoms with E-state index in [4.69, 9.17) is 9.47 Å². The number of amides is 2. The van der Waals surface area contributed by atoms with Crippen molar-refractivity contribution in [2.24, 2.45) is 11.8 Å². The zero-order valence-corrected chi connectivity index (χ0v) is 17.2. The van der Waals surface area contributed by atoms with Crippen LogP contribution in [0, 0.1) is 11.8 Å². The molecule has 0 heterocycles. The summed E-state index contributed by atoms with van der Waals surface area (Å²) in [5, 5.41) is 5.90. The third-order valence-electron chi connectivity index (χ3n) is 4.68. The van der Waals surface area contributed by atoms with Crippen LogP contribution in [-0.4, -0.2) is 56.1 Å².